The van der Waals surface area contributed by atoms with Crippen LogP contribution < -0.4 is 0 Å². The first-order chi connectivity index (χ1) is 6.83. The summed E-state index contributed by atoms with van der Waals surface area (Å²) >= 11 is 1.51. The third-order valence-electron chi connectivity index (χ3n) is 1.43. The van der Waals surface area contributed by atoms with Gasteiger partial charge in [-0.3, -0.25) is 4.79 Å². The van der Waals surface area contributed by atoms with Gasteiger partial charge in [0.25, 0.3) is 0 Å². The van der Waals surface area contributed by atoms with E-state index in [0.717, 1.165) is 12.2 Å². The van der Waals surface area contributed by atoms with Crippen molar-refractivity contribution in [2.24, 2.45) is 0 Å². The molecule has 14 heavy (non-hydrogen) atoms. The van der Waals surface area contributed by atoms with Crippen LogP contribution in [-0.2, 0) is 9.53 Å². The molecule has 0 aliphatic rings. The van der Waals surface area contributed by atoms with Crippen molar-refractivity contribution in [2.45, 2.75) is 18.0 Å². The third-order valence-corrected chi connectivity index (χ3v) is 2.31. The molecule has 0 aliphatic carbocycles. The maximum absolute atomic E-state index is 10.7. The number of hydrogen-bond donors (Lipinski definition) is 1. The van der Waals surface area contributed by atoms with E-state index in [-0.39, 0.29) is 5.97 Å². The Bertz CT molecular complexity index is 265. The van der Waals surface area contributed by atoms with Crippen LogP contribution in [0.4, 0.5) is 0 Å². The summed E-state index contributed by atoms with van der Waals surface area (Å²) in [6, 6.07) is 0. The quantitative estimate of drug-likeness (QED) is 0.421. The van der Waals surface area contributed by atoms with Gasteiger partial charge in [-0.05, 0) is 23.3 Å². The number of aromatic nitrogens is 4. The minimum atomic E-state index is -0.212. The molecule has 0 bridgehead atoms. The molecule has 77 valence electrons. The number of thioether (sulfide) groups is 1. The van der Waals surface area contributed by atoms with Gasteiger partial charge in [0.05, 0.1) is 7.11 Å². The Hall–Kier alpha value is -1.11. The van der Waals surface area contributed by atoms with Gasteiger partial charge in [0.2, 0.25) is 5.16 Å². The molecule has 0 saturated carbocycles. The van der Waals surface area contributed by atoms with Crippen molar-refractivity contribution in [3.8, 4) is 0 Å². The van der Waals surface area contributed by atoms with Crippen LogP contribution in [0.5, 0.6) is 0 Å². The van der Waals surface area contributed by atoms with E-state index in [0.29, 0.717) is 11.6 Å². The van der Waals surface area contributed by atoms with Crippen molar-refractivity contribution in [3.63, 3.8) is 0 Å². The van der Waals surface area contributed by atoms with Crippen molar-refractivity contribution in [2.75, 3.05) is 12.9 Å². The number of methoxy groups -OCH3 is 1. The van der Waals surface area contributed by atoms with E-state index in [1.807, 2.05) is 6.42 Å². The van der Waals surface area contributed by atoms with Crippen molar-refractivity contribution in [1.29, 1.82) is 0 Å². The second-order valence-corrected chi connectivity index (χ2v) is 3.50. The average Bonchev–Trinajstić information content (AvgIpc) is 2.69. The number of unbranched alkanes of at least 4 members (excludes halogenated alkanes) is 1. The normalized spacial score (nSPS) is 10.1. The van der Waals surface area contributed by atoms with E-state index in [9.17, 15) is 4.79 Å². The third kappa shape index (κ3) is 4.22. The number of nitrogens with zero attached hydrogens (tertiary/aromatic N) is 3. The number of nitrogens with one attached hydrogen (secondary N) is 1. The van der Waals surface area contributed by atoms with Gasteiger partial charge in [-0.2, -0.15) is 0 Å². The number of H-pyrrole nitrogens is 1. The lowest BCUT2D eigenvalue weighted by Gasteiger charge is -1.97. The van der Waals surface area contributed by atoms with Crippen LogP contribution in [0.1, 0.15) is 12.8 Å². The van der Waals surface area contributed by atoms with Crippen LogP contribution in [0.2, 0.25) is 0 Å². The Balaban J connectivity index is 1.97. The minimum Gasteiger partial charge on any atom is -0.469 e. The Morgan fingerprint density at radius 1 is 1.71 bits per heavy atom. The van der Waals surface area contributed by atoms with E-state index in [2.05, 4.69) is 25.4 Å². The molecule has 0 aliphatic heterocycles. The summed E-state index contributed by atoms with van der Waals surface area (Å²) < 4.78 is 4.49. The molecule has 0 amide bonds. The lowest BCUT2D eigenvalue weighted by molar-refractivity contribution is -0.139. The van der Waals surface area contributed by atoms with E-state index in [4.69, 9.17) is 0 Å². The molecule has 7 heteroatoms. The average molecular weight is 215 g/mol. The van der Waals surface area contributed by atoms with Gasteiger partial charge >= 0.3 is 5.97 Å². The standard InChI is InChI=1S/C7H11N4O2S/c1-13-6(12)4-2-3-5-14-7-8-10-11-9-7/h2H,3-5H2,1H3,(H,8,9,10,11). The molecule has 0 atom stereocenters. The van der Waals surface area contributed by atoms with Gasteiger partial charge in [0.1, 0.15) is 0 Å². The molecule has 0 unspecified atom stereocenters. The monoisotopic (exact) mass is 215 g/mol. The van der Waals surface area contributed by atoms with Crippen molar-refractivity contribution in [1.82, 2.24) is 20.6 Å². The number of ether oxygens (including phenoxy) is 1. The number of rotatable bonds is 6. The molecule has 0 spiro atoms. The van der Waals surface area contributed by atoms with E-state index in [1.165, 1.54) is 18.9 Å². The predicted molar refractivity (Wildman–Crippen MR) is 50.5 cm³/mol. The Kier molecular flexibility index (Phi) is 4.98. The minimum absolute atomic E-state index is 0.212. The molecule has 1 N–H and O–H groups in total. The number of esters is 1. The van der Waals surface area contributed by atoms with Crippen LogP contribution in [0.15, 0.2) is 5.16 Å². The molecule has 1 rings (SSSR count). The largest absolute Gasteiger partial charge is 0.469 e. The van der Waals surface area contributed by atoms with Crippen LogP contribution in [-0.4, -0.2) is 39.5 Å². The molecule has 0 aromatic carbocycles. The molecule has 1 aromatic rings. The van der Waals surface area contributed by atoms with E-state index >= 15 is 0 Å². The van der Waals surface area contributed by atoms with Gasteiger partial charge in [-0.25, -0.2) is 5.10 Å². The second kappa shape index (κ2) is 6.36. The number of hydrogen-bond acceptors (Lipinski definition) is 6. The van der Waals surface area contributed by atoms with Gasteiger partial charge in [0, 0.05) is 12.2 Å². The van der Waals surface area contributed by atoms with Crippen LogP contribution >= 0.6 is 11.8 Å². The van der Waals surface area contributed by atoms with Gasteiger partial charge in [-0.15, -0.1) is 5.10 Å². The second-order valence-electron chi connectivity index (χ2n) is 2.41. The molecule has 1 radical (unpaired) electrons. The molecule has 6 nitrogen and oxygen atoms in total. The number of carbonyl (C=O) groups excluding carboxylic acids is 1. The molecule has 0 fully saturated rings. The molecule has 0 saturated heterocycles. The highest BCUT2D eigenvalue weighted by Crippen LogP contribution is 2.12. The fourth-order valence-electron chi connectivity index (χ4n) is 0.754. The highest BCUT2D eigenvalue weighted by atomic mass is 32.2. The number of aromatic amines is 1. The fourth-order valence-corrected chi connectivity index (χ4v) is 1.43. The van der Waals surface area contributed by atoms with E-state index < -0.39 is 0 Å². The Morgan fingerprint density at radius 2 is 2.57 bits per heavy atom. The number of carbonyl (C=O) groups is 1. The lowest BCUT2D eigenvalue weighted by Crippen LogP contribution is -2.00. The zero-order valence-electron chi connectivity index (χ0n) is 7.77. The zero-order chi connectivity index (χ0) is 10.2. The van der Waals surface area contributed by atoms with Crippen LogP contribution in [0, 0.1) is 6.42 Å². The zero-order valence-corrected chi connectivity index (χ0v) is 8.58. The summed E-state index contributed by atoms with van der Waals surface area (Å²) in [5, 5.41) is 13.9. The highest BCUT2D eigenvalue weighted by Gasteiger charge is 2.01. The number of tetrazole rings is 1. The summed E-state index contributed by atoms with van der Waals surface area (Å²) in [6.45, 7) is 0. The van der Waals surface area contributed by atoms with Crippen molar-refractivity contribution < 1.29 is 9.53 Å². The van der Waals surface area contributed by atoms with Crippen molar-refractivity contribution in [3.05, 3.63) is 6.42 Å². The summed E-state index contributed by atoms with van der Waals surface area (Å²) in [5.74, 6) is 0.629. The Morgan fingerprint density at radius 3 is 3.21 bits per heavy atom. The molecular formula is C7H11N4O2S. The first-order valence-electron chi connectivity index (χ1n) is 4.08. The van der Waals surface area contributed by atoms with Crippen LogP contribution in [0.3, 0.4) is 0 Å². The SMILES string of the molecule is COC(=O)C[CH]CCSc1nnn[nH]1. The maximum atomic E-state index is 10.7. The smallest absolute Gasteiger partial charge is 0.305 e. The van der Waals surface area contributed by atoms with Crippen LogP contribution in [0.25, 0.3) is 0 Å². The summed E-state index contributed by atoms with van der Waals surface area (Å²) in [6.07, 6.45) is 3.05. The topological polar surface area (TPSA) is 80.8 Å². The maximum Gasteiger partial charge on any atom is 0.305 e. The van der Waals surface area contributed by atoms with Gasteiger partial charge in [0.15, 0.2) is 0 Å². The van der Waals surface area contributed by atoms with E-state index in [1.54, 1.807) is 0 Å². The summed E-state index contributed by atoms with van der Waals surface area (Å²) in [5.41, 5.74) is 0. The predicted octanol–water partition coefficient (Wildman–Crippen LogP) is 0.449. The molecule has 1 aromatic heterocycles. The fraction of sp³-hybridized carbons (Fsp3) is 0.571. The molecule has 1 heterocycles. The summed E-state index contributed by atoms with van der Waals surface area (Å²) in [4.78, 5) is 10.7. The van der Waals surface area contributed by atoms with Crippen molar-refractivity contribution >= 4 is 17.7 Å². The first kappa shape index (κ1) is 11.0. The first-order valence-corrected chi connectivity index (χ1v) is 5.06. The Labute approximate surface area is 85.8 Å². The molecular weight excluding hydrogens is 204 g/mol. The van der Waals surface area contributed by atoms with Gasteiger partial charge in [-0.1, -0.05) is 11.8 Å². The summed E-state index contributed by atoms with van der Waals surface area (Å²) in [7, 11) is 1.38. The van der Waals surface area contributed by atoms with Gasteiger partial charge < -0.3 is 4.74 Å². The lowest BCUT2D eigenvalue weighted by atomic mass is 10.2. The highest BCUT2D eigenvalue weighted by molar-refractivity contribution is 7.99.